The molecule has 0 bridgehead atoms. The Kier molecular flexibility index (Phi) is 4.83. The lowest BCUT2D eigenvalue weighted by atomic mass is 9.87. The van der Waals surface area contributed by atoms with Crippen LogP contribution in [0.1, 0.15) is 18.9 Å². The van der Waals surface area contributed by atoms with Crippen molar-refractivity contribution in [2.24, 2.45) is 0 Å². The lowest BCUT2D eigenvalue weighted by molar-refractivity contribution is -0.140. The van der Waals surface area contributed by atoms with Crippen LogP contribution in [0.2, 0.25) is 0 Å². The molecule has 0 saturated carbocycles. The Labute approximate surface area is 110 Å². The molecule has 1 atom stereocenters. The fraction of sp³-hybridized carbons (Fsp3) is 0.462. The predicted octanol–water partition coefficient (Wildman–Crippen LogP) is 2.54. The average molecular weight is 273 g/mol. The summed E-state index contributed by atoms with van der Waals surface area (Å²) in [5.74, 6) is -0.876. The van der Waals surface area contributed by atoms with Crippen LogP contribution in [0.3, 0.4) is 0 Å². The summed E-state index contributed by atoms with van der Waals surface area (Å²) in [7, 11) is 3.54. The Bertz CT molecular complexity index is 434. The molecular formula is C13H17F2NO3. The van der Waals surface area contributed by atoms with Gasteiger partial charge in [-0.3, -0.25) is 9.69 Å². The number of rotatable bonds is 6. The van der Waals surface area contributed by atoms with Crippen molar-refractivity contribution in [3.63, 3.8) is 0 Å². The molecule has 0 radical (unpaired) electrons. The molecule has 1 rings (SSSR count). The molecule has 0 spiro atoms. The molecule has 1 unspecified atom stereocenters. The van der Waals surface area contributed by atoms with Crippen LogP contribution in [-0.4, -0.2) is 36.7 Å². The number of carboxylic acids is 1. The van der Waals surface area contributed by atoms with Crippen LogP contribution in [0.15, 0.2) is 24.3 Å². The Hall–Kier alpha value is -1.69. The van der Waals surface area contributed by atoms with Gasteiger partial charge in [0.05, 0.1) is 12.0 Å². The molecule has 1 aromatic carbocycles. The first-order chi connectivity index (χ1) is 8.75. The van der Waals surface area contributed by atoms with E-state index in [0.717, 1.165) is 5.56 Å². The van der Waals surface area contributed by atoms with Crippen LogP contribution in [0, 0.1) is 0 Å². The number of aliphatic carboxylic acids is 1. The van der Waals surface area contributed by atoms with Gasteiger partial charge in [0.15, 0.2) is 0 Å². The molecule has 19 heavy (non-hydrogen) atoms. The number of halogens is 2. The van der Waals surface area contributed by atoms with Crippen molar-refractivity contribution < 1.29 is 23.4 Å². The first kappa shape index (κ1) is 15.4. The second-order valence-corrected chi connectivity index (χ2v) is 4.64. The summed E-state index contributed by atoms with van der Waals surface area (Å²) in [6.07, 6.45) is -0.0882. The number of hydrogen-bond donors (Lipinski definition) is 1. The summed E-state index contributed by atoms with van der Waals surface area (Å²) >= 11 is 0. The summed E-state index contributed by atoms with van der Waals surface area (Å²) in [4.78, 5) is 12.7. The molecular weight excluding hydrogens is 256 g/mol. The molecule has 0 saturated heterocycles. The van der Waals surface area contributed by atoms with Gasteiger partial charge in [0, 0.05) is 0 Å². The maximum absolute atomic E-state index is 12.0. The van der Waals surface area contributed by atoms with E-state index in [9.17, 15) is 13.6 Å². The van der Waals surface area contributed by atoms with Gasteiger partial charge in [-0.1, -0.05) is 12.1 Å². The van der Waals surface area contributed by atoms with Crippen LogP contribution >= 0.6 is 0 Å². The van der Waals surface area contributed by atoms with E-state index < -0.39 is 18.1 Å². The highest BCUT2D eigenvalue weighted by Gasteiger charge is 2.32. The maximum atomic E-state index is 12.0. The van der Waals surface area contributed by atoms with Gasteiger partial charge >= 0.3 is 12.6 Å². The van der Waals surface area contributed by atoms with Crippen molar-refractivity contribution in [2.45, 2.75) is 25.5 Å². The van der Waals surface area contributed by atoms with E-state index in [1.165, 1.54) is 12.1 Å². The van der Waals surface area contributed by atoms with Crippen molar-refractivity contribution in [1.82, 2.24) is 4.90 Å². The van der Waals surface area contributed by atoms with Crippen LogP contribution in [0.4, 0.5) is 8.78 Å². The summed E-state index contributed by atoms with van der Waals surface area (Å²) < 4.78 is 28.4. The predicted molar refractivity (Wildman–Crippen MR) is 66.4 cm³/mol. The third kappa shape index (κ3) is 3.89. The number of carboxylic acid groups (broad SMARTS) is 1. The fourth-order valence-corrected chi connectivity index (χ4v) is 1.81. The summed E-state index contributed by atoms with van der Waals surface area (Å²) in [6.45, 7) is -1.09. The number of ether oxygens (including phenoxy) is 1. The van der Waals surface area contributed by atoms with Gasteiger partial charge in [0.2, 0.25) is 0 Å². The van der Waals surface area contributed by atoms with Gasteiger partial charge in [-0.05, 0) is 38.7 Å². The lowest BCUT2D eigenvalue weighted by Crippen LogP contribution is -2.40. The second-order valence-electron chi connectivity index (χ2n) is 4.64. The summed E-state index contributed by atoms with van der Waals surface area (Å²) in [6, 6.07) is 6.01. The minimum Gasteiger partial charge on any atom is -0.481 e. The maximum Gasteiger partial charge on any atom is 0.387 e. The quantitative estimate of drug-likeness (QED) is 0.865. The SMILES string of the molecule is CN(C)C(C)(CC(=O)O)c1ccc(OC(F)F)cc1. The van der Waals surface area contributed by atoms with E-state index in [1.54, 1.807) is 38.1 Å². The zero-order chi connectivity index (χ0) is 14.6. The third-order valence-electron chi connectivity index (χ3n) is 3.18. The average Bonchev–Trinajstić information content (AvgIpc) is 2.27. The zero-order valence-electron chi connectivity index (χ0n) is 11.1. The Balaban J connectivity index is 3.01. The second kappa shape index (κ2) is 5.97. The molecule has 0 aromatic heterocycles. The molecule has 1 N–H and O–H groups in total. The van der Waals surface area contributed by atoms with Gasteiger partial charge in [-0.25, -0.2) is 0 Å². The molecule has 0 fully saturated rings. The smallest absolute Gasteiger partial charge is 0.387 e. The van der Waals surface area contributed by atoms with Gasteiger partial charge in [0.25, 0.3) is 0 Å². The van der Waals surface area contributed by atoms with E-state index in [-0.39, 0.29) is 12.2 Å². The molecule has 106 valence electrons. The molecule has 6 heteroatoms. The normalized spacial score (nSPS) is 14.5. The van der Waals surface area contributed by atoms with E-state index in [2.05, 4.69) is 4.74 Å². The minimum atomic E-state index is -2.87. The number of benzene rings is 1. The first-order valence-electron chi connectivity index (χ1n) is 5.70. The highest BCUT2D eigenvalue weighted by molar-refractivity contribution is 5.68. The number of alkyl halides is 2. The van der Waals surface area contributed by atoms with Gasteiger partial charge in [-0.2, -0.15) is 8.78 Å². The Morgan fingerprint density at radius 3 is 2.26 bits per heavy atom. The van der Waals surface area contributed by atoms with Gasteiger partial charge in [0.1, 0.15) is 5.75 Å². The van der Waals surface area contributed by atoms with Crippen LogP contribution in [0.25, 0.3) is 0 Å². The Morgan fingerprint density at radius 1 is 1.37 bits per heavy atom. The zero-order valence-corrected chi connectivity index (χ0v) is 11.1. The number of hydrogen-bond acceptors (Lipinski definition) is 3. The molecule has 1 aromatic rings. The van der Waals surface area contributed by atoms with Crippen LogP contribution in [0.5, 0.6) is 5.75 Å². The molecule has 0 aliphatic rings. The largest absolute Gasteiger partial charge is 0.481 e. The van der Waals surface area contributed by atoms with E-state index in [0.29, 0.717) is 0 Å². The summed E-state index contributed by atoms with van der Waals surface area (Å²) in [5, 5.41) is 8.98. The van der Waals surface area contributed by atoms with Gasteiger partial charge in [-0.15, -0.1) is 0 Å². The van der Waals surface area contributed by atoms with Crippen LogP contribution in [-0.2, 0) is 10.3 Å². The molecule has 0 aliphatic carbocycles. The molecule has 0 aliphatic heterocycles. The summed E-state index contributed by atoms with van der Waals surface area (Å²) in [5.41, 5.74) is 0.0105. The first-order valence-corrected chi connectivity index (χ1v) is 5.70. The third-order valence-corrected chi connectivity index (χ3v) is 3.18. The van der Waals surface area contributed by atoms with Crippen molar-refractivity contribution in [3.8, 4) is 5.75 Å². The number of nitrogens with zero attached hydrogens (tertiary/aromatic N) is 1. The van der Waals surface area contributed by atoms with E-state index >= 15 is 0 Å². The fourth-order valence-electron chi connectivity index (χ4n) is 1.81. The molecule has 0 heterocycles. The van der Waals surface area contributed by atoms with Crippen molar-refractivity contribution in [3.05, 3.63) is 29.8 Å². The monoisotopic (exact) mass is 273 g/mol. The molecule has 4 nitrogen and oxygen atoms in total. The van der Waals surface area contributed by atoms with Crippen molar-refractivity contribution in [1.29, 1.82) is 0 Å². The highest BCUT2D eigenvalue weighted by atomic mass is 19.3. The van der Waals surface area contributed by atoms with Gasteiger partial charge < -0.3 is 9.84 Å². The lowest BCUT2D eigenvalue weighted by Gasteiger charge is -2.35. The topological polar surface area (TPSA) is 49.8 Å². The van der Waals surface area contributed by atoms with E-state index in [1.807, 2.05) is 0 Å². The van der Waals surface area contributed by atoms with Crippen molar-refractivity contribution >= 4 is 5.97 Å². The van der Waals surface area contributed by atoms with Crippen molar-refractivity contribution in [2.75, 3.05) is 14.1 Å². The molecule has 0 amide bonds. The number of carbonyl (C=O) groups is 1. The Morgan fingerprint density at radius 2 is 1.89 bits per heavy atom. The standard InChI is InChI=1S/C13H17F2NO3/c1-13(16(2)3,8-11(17)18)9-4-6-10(7-5-9)19-12(14)15/h4-7,12H,8H2,1-3H3,(H,17,18). The van der Waals surface area contributed by atoms with E-state index in [4.69, 9.17) is 5.11 Å². The minimum absolute atomic E-state index is 0.0511. The van der Waals surface area contributed by atoms with Crippen LogP contribution < -0.4 is 4.74 Å². The highest BCUT2D eigenvalue weighted by Crippen LogP contribution is 2.31.